The molecule has 0 bridgehead atoms. The number of methoxy groups -OCH3 is 1. The van der Waals surface area contributed by atoms with Gasteiger partial charge in [-0.05, 0) is 50.7 Å². The molecule has 1 aliphatic heterocycles. The molecule has 1 aromatic rings. The number of hydrogen-bond donors (Lipinski definition) is 0. The standard InChI is InChI=1S/C20H27NO3/c1-12-10-13(2)16(14(3)11-12)18-17(20(22)23-4)19(24-21-18)15-8-6-5-7-9-15/h10-11,15,17,19H,5-9H2,1-4H3/t17-,19+/m1/s1. The lowest BCUT2D eigenvalue weighted by Gasteiger charge is -2.29. The van der Waals surface area contributed by atoms with Crippen LogP contribution in [0.1, 0.15) is 54.4 Å². The lowest BCUT2D eigenvalue weighted by atomic mass is 9.77. The van der Waals surface area contributed by atoms with Crippen molar-refractivity contribution in [1.29, 1.82) is 0 Å². The Hall–Kier alpha value is -1.84. The molecule has 0 radical (unpaired) electrons. The molecule has 1 fully saturated rings. The van der Waals surface area contributed by atoms with Gasteiger partial charge in [0.2, 0.25) is 0 Å². The highest BCUT2D eigenvalue weighted by Gasteiger charge is 2.46. The third kappa shape index (κ3) is 3.06. The SMILES string of the molecule is COC(=O)[C@@H]1C(c2c(C)cc(C)cc2C)=NO[C@H]1C1CCCCC1. The first-order valence-corrected chi connectivity index (χ1v) is 8.92. The maximum Gasteiger partial charge on any atom is 0.318 e. The number of aryl methyl sites for hydroxylation is 3. The molecule has 1 aliphatic carbocycles. The Kier molecular flexibility index (Phi) is 4.93. The summed E-state index contributed by atoms with van der Waals surface area (Å²) in [6.45, 7) is 6.22. The summed E-state index contributed by atoms with van der Waals surface area (Å²) in [6.07, 6.45) is 5.70. The fourth-order valence-corrected chi connectivity index (χ4v) is 4.37. The molecule has 24 heavy (non-hydrogen) atoms. The molecule has 1 heterocycles. The van der Waals surface area contributed by atoms with Gasteiger partial charge in [-0.25, -0.2) is 0 Å². The monoisotopic (exact) mass is 329 g/mol. The van der Waals surface area contributed by atoms with Gasteiger partial charge in [-0.2, -0.15) is 0 Å². The first-order valence-electron chi connectivity index (χ1n) is 8.92. The van der Waals surface area contributed by atoms with Gasteiger partial charge >= 0.3 is 5.97 Å². The maximum absolute atomic E-state index is 12.6. The Bertz CT molecular complexity index is 636. The van der Waals surface area contributed by atoms with Crippen molar-refractivity contribution in [3.05, 3.63) is 34.4 Å². The van der Waals surface area contributed by atoms with Gasteiger partial charge in [0.15, 0.2) is 0 Å². The molecule has 2 atom stereocenters. The van der Waals surface area contributed by atoms with E-state index in [4.69, 9.17) is 9.57 Å². The minimum absolute atomic E-state index is 0.187. The third-order valence-electron chi connectivity index (χ3n) is 5.40. The number of carbonyl (C=O) groups excluding carboxylic acids is 1. The second-order valence-corrected chi connectivity index (χ2v) is 7.22. The summed E-state index contributed by atoms with van der Waals surface area (Å²) < 4.78 is 5.11. The van der Waals surface area contributed by atoms with E-state index in [0.29, 0.717) is 5.92 Å². The van der Waals surface area contributed by atoms with Crippen LogP contribution >= 0.6 is 0 Å². The fraction of sp³-hybridized carbons (Fsp3) is 0.600. The number of oxime groups is 1. The van der Waals surface area contributed by atoms with Crippen LogP contribution in [0, 0.1) is 32.6 Å². The number of benzene rings is 1. The van der Waals surface area contributed by atoms with E-state index in [2.05, 4.69) is 38.1 Å². The van der Waals surface area contributed by atoms with E-state index >= 15 is 0 Å². The van der Waals surface area contributed by atoms with Crippen LogP contribution in [0.5, 0.6) is 0 Å². The van der Waals surface area contributed by atoms with E-state index in [0.717, 1.165) is 35.2 Å². The molecule has 0 aromatic heterocycles. The van der Waals surface area contributed by atoms with Crippen LogP contribution in [-0.2, 0) is 14.4 Å². The zero-order chi connectivity index (χ0) is 17.3. The van der Waals surface area contributed by atoms with Crippen LogP contribution in [0.2, 0.25) is 0 Å². The first-order chi connectivity index (χ1) is 11.5. The molecule has 130 valence electrons. The van der Waals surface area contributed by atoms with E-state index in [1.165, 1.54) is 31.9 Å². The second kappa shape index (κ2) is 6.96. The number of hydrogen-bond acceptors (Lipinski definition) is 4. The van der Waals surface area contributed by atoms with Crippen molar-refractivity contribution in [2.24, 2.45) is 17.0 Å². The highest BCUT2D eigenvalue weighted by atomic mass is 16.6. The van der Waals surface area contributed by atoms with Gasteiger partial charge in [-0.1, -0.05) is 42.1 Å². The minimum atomic E-state index is -0.418. The van der Waals surface area contributed by atoms with Crippen molar-refractivity contribution in [1.82, 2.24) is 0 Å². The van der Waals surface area contributed by atoms with Crippen LogP contribution in [0.25, 0.3) is 0 Å². The Morgan fingerprint density at radius 3 is 2.33 bits per heavy atom. The Labute approximate surface area is 144 Å². The Morgan fingerprint density at radius 2 is 1.75 bits per heavy atom. The third-order valence-corrected chi connectivity index (χ3v) is 5.40. The molecular formula is C20H27NO3. The number of carbonyl (C=O) groups is 1. The molecule has 4 nitrogen and oxygen atoms in total. The molecule has 4 heteroatoms. The predicted molar refractivity (Wildman–Crippen MR) is 94.1 cm³/mol. The van der Waals surface area contributed by atoms with Gasteiger partial charge < -0.3 is 9.57 Å². The molecule has 0 spiro atoms. The lowest BCUT2D eigenvalue weighted by molar-refractivity contribution is -0.147. The fourth-order valence-electron chi connectivity index (χ4n) is 4.37. The van der Waals surface area contributed by atoms with Crippen LogP contribution < -0.4 is 0 Å². The van der Waals surface area contributed by atoms with Gasteiger partial charge in [0.25, 0.3) is 0 Å². The molecule has 1 aromatic carbocycles. The Balaban J connectivity index is 1.97. The van der Waals surface area contributed by atoms with Crippen LogP contribution in [0.3, 0.4) is 0 Å². The van der Waals surface area contributed by atoms with Crippen LogP contribution in [0.4, 0.5) is 0 Å². The van der Waals surface area contributed by atoms with E-state index in [1.807, 2.05) is 0 Å². The molecule has 0 N–H and O–H groups in total. The predicted octanol–water partition coefficient (Wildman–Crippen LogP) is 4.08. The topological polar surface area (TPSA) is 47.9 Å². The smallest absolute Gasteiger partial charge is 0.318 e. The van der Waals surface area contributed by atoms with Crippen molar-refractivity contribution < 1.29 is 14.4 Å². The Morgan fingerprint density at radius 1 is 1.12 bits per heavy atom. The molecule has 3 rings (SSSR count). The van der Waals surface area contributed by atoms with Gasteiger partial charge in [0.1, 0.15) is 17.7 Å². The largest absolute Gasteiger partial charge is 0.468 e. The number of nitrogens with zero attached hydrogens (tertiary/aromatic N) is 1. The van der Waals surface area contributed by atoms with E-state index < -0.39 is 5.92 Å². The summed E-state index contributed by atoms with van der Waals surface area (Å²) in [6, 6.07) is 4.26. The van der Waals surface area contributed by atoms with E-state index in [9.17, 15) is 4.79 Å². The van der Waals surface area contributed by atoms with Crippen molar-refractivity contribution in [2.75, 3.05) is 7.11 Å². The summed E-state index contributed by atoms with van der Waals surface area (Å²) in [7, 11) is 1.45. The molecule has 0 amide bonds. The van der Waals surface area contributed by atoms with Gasteiger partial charge in [-0.3, -0.25) is 4.79 Å². The summed E-state index contributed by atoms with van der Waals surface area (Å²) in [5.41, 5.74) is 5.26. The molecule has 1 saturated carbocycles. The highest BCUT2D eigenvalue weighted by Crippen LogP contribution is 2.37. The number of rotatable bonds is 3. The molecule has 0 saturated heterocycles. The first kappa shape index (κ1) is 17.0. The quantitative estimate of drug-likeness (QED) is 0.785. The molecule has 0 unspecified atom stereocenters. The molecule has 2 aliphatic rings. The van der Waals surface area contributed by atoms with Gasteiger partial charge in [0, 0.05) is 5.56 Å². The van der Waals surface area contributed by atoms with Gasteiger partial charge in [-0.15, -0.1) is 0 Å². The summed E-state index contributed by atoms with van der Waals surface area (Å²) >= 11 is 0. The van der Waals surface area contributed by atoms with E-state index in [-0.39, 0.29) is 12.1 Å². The summed E-state index contributed by atoms with van der Waals surface area (Å²) in [4.78, 5) is 18.4. The highest BCUT2D eigenvalue weighted by molar-refractivity contribution is 6.14. The minimum Gasteiger partial charge on any atom is -0.468 e. The summed E-state index contributed by atoms with van der Waals surface area (Å²) in [5.74, 6) is -0.269. The van der Waals surface area contributed by atoms with Crippen LogP contribution in [0.15, 0.2) is 17.3 Å². The van der Waals surface area contributed by atoms with Gasteiger partial charge in [0.05, 0.1) is 7.11 Å². The summed E-state index contributed by atoms with van der Waals surface area (Å²) in [5, 5.41) is 4.38. The van der Waals surface area contributed by atoms with Crippen molar-refractivity contribution in [3.8, 4) is 0 Å². The average Bonchev–Trinajstić information content (AvgIpc) is 2.98. The average molecular weight is 329 g/mol. The maximum atomic E-state index is 12.6. The number of esters is 1. The normalized spacial score (nSPS) is 24.4. The second-order valence-electron chi connectivity index (χ2n) is 7.22. The molecular weight excluding hydrogens is 302 g/mol. The zero-order valence-electron chi connectivity index (χ0n) is 15.1. The van der Waals surface area contributed by atoms with Crippen molar-refractivity contribution in [3.63, 3.8) is 0 Å². The van der Waals surface area contributed by atoms with Crippen molar-refractivity contribution >= 4 is 11.7 Å². The van der Waals surface area contributed by atoms with Crippen LogP contribution in [-0.4, -0.2) is 24.9 Å². The zero-order valence-corrected chi connectivity index (χ0v) is 15.1. The lowest BCUT2D eigenvalue weighted by Crippen LogP contribution is -2.38. The van der Waals surface area contributed by atoms with E-state index in [1.54, 1.807) is 0 Å². The number of ether oxygens (including phenoxy) is 1. The van der Waals surface area contributed by atoms with Crippen molar-refractivity contribution in [2.45, 2.75) is 59.0 Å².